The normalized spacial score (nSPS) is 20.7. The summed E-state index contributed by atoms with van der Waals surface area (Å²) in [6, 6.07) is 5.82. The van der Waals surface area contributed by atoms with Gasteiger partial charge < -0.3 is 14.6 Å². The summed E-state index contributed by atoms with van der Waals surface area (Å²) in [5.74, 6) is 1.71. The first-order chi connectivity index (χ1) is 8.72. The molecule has 0 saturated carbocycles. The smallest absolute Gasteiger partial charge is 0.123 e. The van der Waals surface area contributed by atoms with E-state index in [4.69, 9.17) is 9.47 Å². The Morgan fingerprint density at radius 2 is 2.17 bits per heavy atom. The number of aliphatic hydroxyl groups excluding tert-OH is 1. The molecule has 4 nitrogen and oxygen atoms in total. The van der Waals surface area contributed by atoms with Crippen molar-refractivity contribution in [1.29, 1.82) is 0 Å². The van der Waals surface area contributed by atoms with Crippen molar-refractivity contribution in [2.24, 2.45) is 0 Å². The van der Waals surface area contributed by atoms with Crippen LogP contribution in [0.25, 0.3) is 0 Å². The first-order valence-corrected chi connectivity index (χ1v) is 6.34. The minimum atomic E-state index is -0.199. The molecule has 4 heteroatoms. The summed E-state index contributed by atoms with van der Waals surface area (Å²) >= 11 is 0. The molecular formula is C14H21NO3. The van der Waals surface area contributed by atoms with Gasteiger partial charge in [0, 0.05) is 18.7 Å². The van der Waals surface area contributed by atoms with E-state index in [1.54, 1.807) is 14.2 Å². The van der Waals surface area contributed by atoms with E-state index < -0.39 is 0 Å². The molecule has 1 atom stereocenters. The van der Waals surface area contributed by atoms with Gasteiger partial charge in [-0.1, -0.05) is 0 Å². The van der Waals surface area contributed by atoms with Gasteiger partial charge in [-0.25, -0.2) is 0 Å². The van der Waals surface area contributed by atoms with Crippen molar-refractivity contribution in [1.82, 2.24) is 4.90 Å². The highest BCUT2D eigenvalue weighted by atomic mass is 16.5. The fourth-order valence-corrected chi connectivity index (χ4v) is 2.42. The Bertz CT molecular complexity index is 395. The van der Waals surface area contributed by atoms with Crippen LogP contribution in [0.15, 0.2) is 18.2 Å². The number of nitrogens with zero attached hydrogens (tertiary/aromatic N) is 1. The standard InChI is InChI=1S/C14H21NO3/c1-17-13-5-6-14(18-2)11(8-13)9-15-7-3-4-12(16)10-15/h5-6,8,12,16H,3-4,7,9-10H2,1-2H3. The van der Waals surface area contributed by atoms with Gasteiger partial charge in [0.15, 0.2) is 0 Å². The monoisotopic (exact) mass is 251 g/mol. The minimum absolute atomic E-state index is 0.199. The Balaban J connectivity index is 2.11. The van der Waals surface area contributed by atoms with E-state index in [1.165, 1.54) is 0 Å². The van der Waals surface area contributed by atoms with E-state index in [2.05, 4.69) is 4.90 Å². The van der Waals surface area contributed by atoms with Crippen molar-refractivity contribution in [3.63, 3.8) is 0 Å². The van der Waals surface area contributed by atoms with Crippen LogP contribution in [-0.2, 0) is 6.54 Å². The molecule has 1 N–H and O–H groups in total. The van der Waals surface area contributed by atoms with Crippen LogP contribution in [-0.4, -0.2) is 43.4 Å². The van der Waals surface area contributed by atoms with Crippen molar-refractivity contribution >= 4 is 0 Å². The van der Waals surface area contributed by atoms with Gasteiger partial charge in [-0.2, -0.15) is 0 Å². The van der Waals surface area contributed by atoms with Gasteiger partial charge in [0.2, 0.25) is 0 Å². The molecule has 0 amide bonds. The average Bonchev–Trinajstić information content (AvgIpc) is 2.38. The molecular weight excluding hydrogens is 230 g/mol. The Morgan fingerprint density at radius 3 is 2.83 bits per heavy atom. The average molecular weight is 251 g/mol. The van der Waals surface area contributed by atoms with Gasteiger partial charge in [-0.15, -0.1) is 0 Å². The van der Waals surface area contributed by atoms with E-state index in [0.29, 0.717) is 0 Å². The fourth-order valence-electron chi connectivity index (χ4n) is 2.42. The summed E-state index contributed by atoms with van der Waals surface area (Å²) < 4.78 is 10.6. The van der Waals surface area contributed by atoms with Crippen LogP contribution >= 0.6 is 0 Å². The number of aliphatic hydroxyl groups is 1. The molecule has 100 valence electrons. The van der Waals surface area contributed by atoms with Crippen LogP contribution in [0, 0.1) is 0 Å². The van der Waals surface area contributed by atoms with Gasteiger partial charge in [-0.3, -0.25) is 4.90 Å². The lowest BCUT2D eigenvalue weighted by Gasteiger charge is -2.30. The van der Waals surface area contributed by atoms with Gasteiger partial charge in [0.1, 0.15) is 11.5 Å². The Hall–Kier alpha value is -1.26. The minimum Gasteiger partial charge on any atom is -0.497 e. The number of rotatable bonds is 4. The number of hydrogen-bond donors (Lipinski definition) is 1. The van der Waals surface area contributed by atoms with Gasteiger partial charge >= 0.3 is 0 Å². The van der Waals surface area contributed by atoms with Crippen molar-refractivity contribution < 1.29 is 14.6 Å². The predicted octanol–water partition coefficient (Wildman–Crippen LogP) is 1.66. The Labute approximate surface area is 108 Å². The second-order valence-electron chi connectivity index (χ2n) is 4.71. The number of β-amino-alcohol motifs (C(OH)–C–C–N with tert-alkyl or cyclic N) is 1. The molecule has 1 aromatic carbocycles. The van der Waals surface area contributed by atoms with Crippen LogP contribution in [0.5, 0.6) is 11.5 Å². The maximum atomic E-state index is 9.69. The zero-order valence-corrected chi connectivity index (χ0v) is 11.1. The van der Waals surface area contributed by atoms with Gasteiger partial charge in [-0.05, 0) is 37.6 Å². The third-order valence-corrected chi connectivity index (χ3v) is 3.36. The van der Waals surface area contributed by atoms with Crippen LogP contribution in [0.3, 0.4) is 0 Å². The molecule has 1 aliphatic heterocycles. The largest absolute Gasteiger partial charge is 0.497 e. The molecule has 0 spiro atoms. The number of benzene rings is 1. The lowest BCUT2D eigenvalue weighted by Crippen LogP contribution is -2.37. The van der Waals surface area contributed by atoms with E-state index in [1.807, 2.05) is 18.2 Å². The molecule has 1 fully saturated rings. The van der Waals surface area contributed by atoms with Crippen LogP contribution in [0.1, 0.15) is 18.4 Å². The first kappa shape index (κ1) is 13.2. The zero-order valence-electron chi connectivity index (χ0n) is 11.1. The maximum Gasteiger partial charge on any atom is 0.123 e. The molecule has 1 heterocycles. The van der Waals surface area contributed by atoms with E-state index in [-0.39, 0.29) is 6.10 Å². The molecule has 18 heavy (non-hydrogen) atoms. The molecule has 0 radical (unpaired) electrons. The number of hydrogen-bond acceptors (Lipinski definition) is 4. The Morgan fingerprint density at radius 1 is 1.33 bits per heavy atom. The summed E-state index contributed by atoms with van der Waals surface area (Å²) in [4.78, 5) is 2.26. The molecule has 1 saturated heterocycles. The molecule has 1 aromatic rings. The van der Waals surface area contributed by atoms with E-state index in [9.17, 15) is 5.11 Å². The summed E-state index contributed by atoms with van der Waals surface area (Å²) in [5.41, 5.74) is 1.10. The van der Waals surface area contributed by atoms with E-state index in [0.717, 1.165) is 49.5 Å². The molecule has 0 aromatic heterocycles. The highest BCUT2D eigenvalue weighted by Crippen LogP contribution is 2.26. The maximum absolute atomic E-state index is 9.69. The van der Waals surface area contributed by atoms with E-state index >= 15 is 0 Å². The molecule has 1 unspecified atom stereocenters. The van der Waals surface area contributed by atoms with Crippen molar-refractivity contribution in [2.45, 2.75) is 25.5 Å². The second kappa shape index (κ2) is 6.07. The highest BCUT2D eigenvalue weighted by molar-refractivity contribution is 5.40. The van der Waals surface area contributed by atoms with Crippen molar-refractivity contribution in [3.8, 4) is 11.5 Å². The summed E-state index contributed by atoms with van der Waals surface area (Å²) in [6.45, 7) is 2.55. The lowest BCUT2D eigenvalue weighted by molar-refractivity contribution is 0.0664. The summed E-state index contributed by atoms with van der Waals surface area (Å²) in [5, 5.41) is 9.69. The topological polar surface area (TPSA) is 41.9 Å². The van der Waals surface area contributed by atoms with Crippen molar-refractivity contribution in [3.05, 3.63) is 23.8 Å². The summed E-state index contributed by atoms with van der Waals surface area (Å²) in [7, 11) is 3.34. The highest BCUT2D eigenvalue weighted by Gasteiger charge is 2.19. The van der Waals surface area contributed by atoms with Crippen LogP contribution < -0.4 is 9.47 Å². The van der Waals surface area contributed by atoms with Crippen LogP contribution in [0.2, 0.25) is 0 Å². The fraction of sp³-hybridized carbons (Fsp3) is 0.571. The predicted molar refractivity (Wildman–Crippen MR) is 70.1 cm³/mol. The molecule has 0 bridgehead atoms. The number of methoxy groups -OCH3 is 2. The van der Waals surface area contributed by atoms with Gasteiger partial charge in [0.05, 0.1) is 20.3 Å². The van der Waals surface area contributed by atoms with Gasteiger partial charge in [0.25, 0.3) is 0 Å². The third kappa shape index (κ3) is 3.15. The zero-order chi connectivity index (χ0) is 13.0. The second-order valence-corrected chi connectivity index (χ2v) is 4.71. The quantitative estimate of drug-likeness (QED) is 0.883. The summed E-state index contributed by atoms with van der Waals surface area (Å²) in [6.07, 6.45) is 1.76. The van der Waals surface area contributed by atoms with Crippen LogP contribution in [0.4, 0.5) is 0 Å². The molecule has 2 rings (SSSR count). The number of likely N-dealkylation sites (tertiary alicyclic amines) is 1. The lowest BCUT2D eigenvalue weighted by atomic mass is 10.1. The number of ether oxygens (including phenoxy) is 2. The number of piperidine rings is 1. The molecule has 1 aliphatic rings. The first-order valence-electron chi connectivity index (χ1n) is 6.34. The molecule has 0 aliphatic carbocycles. The third-order valence-electron chi connectivity index (χ3n) is 3.36. The van der Waals surface area contributed by atoms with Crippen molar-refractivity contribution in [2.75, 3.05) is 27.3 Å². The SMILES string of the molecule is COc1ccc(OC)c(CN2CCCC(O)C2)c1. The Kier molecular flexibility index (Phi) is 4.44.